The molecule has 3 N–H and O–H groups in total. The van der Waals surface area contributed by atoms with Crippen molar-refractivity contribution in [3.05, 3.63) is 52.3 Å². The maximum atomic E-state index is 13.8. The number of aromatic nitrogens is 2. The summed E-state index contributed by atoms with van der Waals surface area (Å²) in [4.78, 5) is 18.7. The number of H-pyrrole nitrogens is 1. The van der Waals surface area contributed by atoms with E-state index in [0.717, 1.165) is 10.0 Å². The van der Waals surface area contributed by atoms with Gasteiger partial charge in [-0.25, -0.2) is 14.9 Å². The van der Waals surface area contributed by atoms with Gasteiger partial charge >= 0.3 is 0 Å². The van der Waals surface area contributed by atoms with Gasteiger partial charge in [0.25, 0.3) is 5.91 Å². The second kappa shape index (κ2) is 5.27. The summed E-state index contributed by atoms with van der Waals surface area (Å²) in [6.07, 6.45) is 0. The molecule has 0 aliphatic carbocycles. The summed E-state index contributed by atoms with van der Waals surface area (Å²) >= 11 is 3.35. The maximum absolute atomic E-state index is 13.8. The summed E-state index contributed by atoms with van der Waals surface area (Å²) < 4.78 is 14.7. The third-order valence-corrected chi connectivity index (χ3v) is 3.56. The lowest BCUT2D eigenvalue weighted by molar-refractivity contribution is 0.0702. The Labute approximate surface area is 126 Å². The number of hydrogen-bond acceptors (Lipinski definition) is 3. The van der Waals surface area contributed by atoms with Gasteiger partial charge in [0.1, 0.15) is 11.6 Å². The Morgan fingerprint density at radius 2 is 2.00 bits per heavy atom. The minimum atomic E-state index is -0.914. The molecule has 0 aliphatic heterocycles. The van der Waals surface area contributed by atoms with E-state index < -0.39 is 11.7 Å². The molecule has 0 saturated carbocycles. The van der Waals surface area contributed by atoms with E-state index in [9.17, 15) is 9.18 Å². The number of aromatic amines is 1. The van der Waals surface area contributed by atoms with E-state index >= 15 is 0 Å². The van der Waals surface area contributed by atoms with E-state index in [-0.39, 0.29) is 5.56 Å². The van der Waals surface area contributed by atoms with Crippen LogP contribution in [0.1, 0.15) is 10.4 Å². The first-order valence-corrected chi connectivity index (χ1v) is 6.77. The van der Waals surface area contributed by atoms with E-state index in [4.69, 9.17) is 5.21 Å². The molecular weight excluding hydrogens is 341 g/mol. The van der Waals surface area contributed by atoms with E-state index in [1.165, 1.54) is 17.6 Å². The highest BCUT2D eigenvalue weighted by molar-refractivity contribution is 9.10. The van der Waals surface area contributed by atoms with Crippen LogP contribution in [-0.2, 0) is 0 Å². The molecule has 0 saturated heterocycles. The highest BCUT2D eigenvalue weighted by atomic mass is 79.9. The second-order valence-electron chi connectivity index (χ2n) is 4.38. The number of halogens is 2. The Hall–Kier alpha value is -2.25. The summed E-state index contributed by atoms with van der Waals surface area (Å²) in [7, 11) is 0. The number of hydroxylamine groups is 1. The van der Waals surface area contributed by atoms with E-state index in [2.05, 4.69) is 25.9 Å². The molecule has 5 nitrogen and oxygen atoms in total. The number of rotatable bonds is 2. The van der Waals surface area contributed by atoms with Crippen LogP contribution in [0.4, 0.5) is 4.39 Å². The number of benzene rings is 2. The van der Waals surface area contributed by atoms with Crippen LogP contribution in [0.2, 0.25) is 0 Å². The van der Waals surface area contributed by atoms with Crippen molar-refractivity contribution in [2.45, 2.75) is 0 Å². The molecular formula is C14H9BrFN3O2. The average molecular weight is 350 g/mol. The zero-order valence-corrected chi connectivity index (χ0v) is 12.1. The fraction of sp³-hybridized carbons (Fsp3) is 0. The number of amides is 1. The molecule has 1 amide bonds. The molecule has 3 rings (SSSR count). The first kappa shape index (κ1) is 13.7. The molecule has 0 bridgehead atoms. The van der Waals surface area contributed by atoms with E-state index in [0.29, 0.717) is 16.9 Å². The number of carbonyl (C=O) groups excluding carboxylic acids is 1. The Balaban J connectivity index is 2.12. The number of fused-ring (bicyclic) bond motifs is 1. The molecule has 1 aromatic heterocycles. The van der Waals surface area contributed by atoms with Crippen molar-refractivity contribution >= 4 is 32.9 Å². The highest BCUT2D eigenvalue weighted by Gasteiger charge is 2.15. The van der Waals surface area contributed by atoms with Crippen molar-refractivity contribution in [3.8, 4) is 11.4 Å². The number of imidazole rings is 1. The molecule has 0 atom stereocenters. The van der Waals surface area contributed by atoms with Gasteiger partial charge in [0.2, 0.25) is 0 Å². The summed E-state index contributed by atoms with van der Waals surface area (Å²) in [5.41, 5.74) is 2.89. The normalized spacial score (nSPS) is 10.8. The second-order valence-corrected chi connectivity index (χ2v) is 5.30. The first-order valence-electron chi connectivity index (χ1n) is 5.98. The minimum Gasteiger partial charge on any atom is -0.338 e. The average Bonchev–Trinajstić information content (AvgIpc) is 2.89. The number of nitrogens with zero attached hydrogens (tertiary/aromatic N) is 1. The lowest BCUT2D eigenvalue weighted by Crippen LogP contribution is -2.19. The van der Waals surface area contributed by atoms with Crippen LogP contribution in [0.25, 0.3) is 22.4 Å². The van der Waals surface area contributed by atoms with Crippen LogP contribution in [0, 0.1) is 5.82 Å². The minimum absolute atomic E-state index is 0.265. The van der Waals surface area contributed by atoms with Crippen molar-refractivity contribution in [2.24, 2.45) is 0 Å². The van der Waals surface area contributed by atoms with Crippen molar-refractivity contribution < 1.29 is 14.4 Å². The van der Waals surface area contributed by atoms with Gasteiger partial charge in [-0.1, -0.05) is 28.1 Å². The standard InChI is InChI=1S/C14H9BrFN3O2/c15-8-3-1-7(2-4-8)13-17-11-5-9(14(20)19-21)10(16)6-12(11)18-13/h1-6,21H,(H,17,18)(H,19,20). The van der Waals surface area contributed by atoms with Crippen LogP contribution in [-0.4, -0.2) is 21.1 Å². The predicted octanol–water partition coefficient (Wildman–Crippen LogP) is 3.25. The van der Waals surface area contributed by atoms with Gasteiger partial charge < -0.3 is 4.98 Å². The third kappa shape index (κ3) is 2.53. The molecule has 0 radical (unpaired) electrons. The molecule has 3 aromatic rings. The quantitative estimate of drug-likeness (QED) is 0.490. The Morgan fingerprint density at radius 3 is 2.67 bits per heavy atom. The first-order chi connectivity index (χ1) is 10.1. The van der Waals surface area contributed by atoms with Crippen LogP contribution in [0.15, 0.2) is 40.9 Å². The van der Waals surface area contributed by atoms with Gasteiger partial charge in [-0.05, 0) is 18.2 Å². The van der Waals surface area contributed by atoms with Crippen molar-refractivity contribution in [1.29, 1.82) is 0 Å². The smallest absolute Gasteiger partial charge is 0.277 e. The molecule has 106 valence electrons. The summed E-state index contributed by atoms with van der Waals surface area (Å²) in [6.45, 7) is 0. The zero-order valence-electron chi connectivity index (χ0n) is 10.5. The predicted molar refractivity (Wildman–Crippen MR) is 78.4 cm³/mol. The van der Waals surface area contributed by atoms with Crippen LogP contribution in [0.3, 0.4) is 0 Å². The van der Waals surface area contributed by atoms with Gasteiger partial charge in [0, 0.05) is 16.1 Å². The van der Waals surface area contributed by atoms with Gasteiger partial charge in [-0.15, -0.1) is 0 Å². The Kier molecular flexibility index (Phi) is 3.44. The topological polar surface area (TPSA) is 78.0 Å². The molecule has 0 spiro atoms. The lowest BCUT2D eigenvalue weighted by Gasteiger charge is -1.99. The Morgan fingerprint density at radius 1 is 1.29 bits per heavy atom. The van der Waals surface area contributed by atoms with Crippen LogP contribution >= 0.6 is 15.9 Å². The number of carbonyl (C=O) groups is 1. The lowest BCUT2D eigenvalue weighted by atomic mass is 10.2. The number of hydrogen-bond donors (Lipinski definition) is 3. The van der Waals surface area contributed by atoms with Crippen LogP contribution in [0.5, 0.6) is 0 Å². The van der Waals surface area contributed by atoms with Crippen molar-refractivity contribution in [1.82, 2.24) is 15.4 Å². The van der Waals surface area contributed by atoms with Gasteiger partial charge in [0.15, 0.2) is 0 Å². The molecule has 2 aromatic carbocycles. The summed E-state index contributed by atoms with van der Waals surface area (Å²) in [5.74, 6) is -1.08. The van der Waals surface area contributed by atoms with Crippen LogP contribution < -0.4 is 5.48 Å². The fourth-order valence-corrected chi connectivity index (χ4v) is 2.27. The Bertz CT molecular complexity index is 830. The van der Waals surface area contributed by atoms with Gasteiger partial charge in [-0.3, -0.25) is 10.0 Å². The molecule has 0 aliphatic rings. The zero-order chi connectivity index (χ0) is 15.0. The van der Waals surface area contributed by atoms with E-state index in [1.807, 2.05) is 24.3 Å². The molecule has 0 unspecified atom stereocenters. The summed E-state index contributed by atoms with van der Waals surface area (Å²) in [5, 5.41) is 8.60. The van der Waals surface area contributed by atoms with Gasteiger partial charge in [0.05, 0.1) is 16.6 Å². The van der Waals surface area contributed by atoms with E-state index in [1.54, 1.807) is 0 Å². The highest BCUT2D eigenvalue weighted by Crippen LogP contribution is 2.24. The maximum Gasteiger partial charge on any atom is 0.277 e. The monoisotopic (exact) mass is 349 g/mol. The fourth-order valence-electron chi connectivity index (χ4n) is 2.01. The third-order valence-electron chi connectivity index (χ3n) is 3.03. The molecule has 21 heavy (non-hydrogen) atoms. The molecule has 1 heterocycles. The van der Waals surface area contributed by atoms with Crippen molar-refractivity contribution in [3.63, 3.8) is 0 Å². The van der Waals surface area contributed by atoms with Crippen molar-refractivity contribution in [2.75, 3.05) is 0 Å². The number of nitrogens with one attached hydrogen (secondary N) is 2. The summed E-state index contributed by atoms with van der Waals surface area (Å²) in [6, 6.07) is 9.92. The van der Waals surface area contributed by atoms with Gasteiger partial charge in [-0.2, -0.15) is 0 Å². The molecule has 7 heteroatoms. The molecule has 0 fully saturated rings. The SMILES string of the molecule is O=C(NO)c1cc2nc(-c3ccc(Br)cc3)[nH]c2cc1F. The largest absolute Gasteiger partial charge is 0.338 e.